The molecule has 2 aromatic carbocycles. The minimum atomic E-state index is -0.448. The number of rotatable bonds is 2. The Bertz CT molecular complexity index is 991. The molecule has 4 rings (SSSR count). The van der Waals surface area contributed by atoms with Gasteiger partial charge in [0.2, 0.25) is 0 Å². The van der Waals surface area contributed by atoms with Gasteiger partial charge in [-0.2, -0.15) is 0 Å². The topological polar surface area (TPSA) is 58.1 Å². The number of H-pyrrole nitrogens is 1. The summed E-state index contributed by atoms with van der Waals surface area (Å²) in [7, 11) is 0. The van der Waals surface area contributed by atoms with Crippen LogP contribution in [0, 0.1) is 5.82 Å². The van der Waals surface area contributed by atoms with E-state index < -0.39 is 5.82 Å². The van der Waals surface area contributed by atoms with Crippen LogP contribution in [0.25, 0.3) is 5.69 Å². The Labute approximate surface area is 143 Å². The highest BCUT2D eigenvalue weighted by Gasteiger charge is 2.26. The summed E-state index contributed by atoms with van der Waals surface area (Å²) < 4.78 is 14.9. The van der Waals surface area contributed by atoms with Crippen LogP contribution in [0.1, 0.15) is 21.6 Å². The Morgan fingerprint density at radius 1 is 1.08 bits per heavy atom. The van der Waals surface area contributed by atoms with E-state index in [1.54, 1.807) is 11.0 Å². The normalized spacial score (nSPS) is 13.6. The van der Waals surface area contributed by atoms with Gasteiger partial charge in [-0.25, -0.2) is 9.07 Å². The van der Waals surface area contributed by atoms with E-state index in [0.717, 1.165) is 11.4 Å². The van der Waals surface area contributed by atoms with Gasteiger partial charge in [0.15, 0.2) is 0 Å². The van der Waals surface area contributed by atoms with Crippen molar-refractivity contribution in [1.29, 1.82) is 0 Å². The zero-order chi connectivity index (χ0) is 17.4. The molecule has 1 aliphatic rings. The largest absolute Gasteiger partial charge is 0.334 e. The lowest BCUT2D eigenvalue weighted by molar-refractivity contribution is 0.0733. The molecule has 1 aromatic heterocycles. The average molecular weight is 337 g/mol. The second kappa shape index (κ2) is 6.05. The molecule has 5 nitrogen and oxygen atoms in total. The lowest BCUT2D eigenvalue weighted by atomic mass is 10.1. The van der Waals surface area contributed by atoms with E-state index in [4.69, 9.17) is 0 Å². The Hall–Kier alpha value is -3.15. The number of nitrogens with zero attached hydrogens (tertiary/aromatic N) is 2. The van der Waals surface area contributed by atoms with Crippen molar-refractivity contribution in [2.24, 2.45) is 0 Å². The van der Waals surface area contributed by atoms with Gasteiger partial charge in [0.05, 0.1) is 17.8 Å². The van der Waals surface area contributed by atoms with Crippen LogP contribution in [0.3, 0.4) is 0 Å². The molecule has 0 aliphatic carbocycles. The number of aromatic nitrogens is 2. The van der Waals surface area contributed by atoms with E-state index in [0.29, 0.717) is 24.1 Å². The Balaban J connectivity index is 1.65. The number of hydrogen-bond donors (Lipinski definition) is 1. The summed E-state index contributed by atoms with van der Waals surface area (Å²) in [5, 5.41) is 3.13. The molecular weight excluding hydrogens is 321 g/mol. The number of carbonyl (C=O) groups excluding carboxylic acids is 1. The number of benzene rings is 2. The molecular formula is C19H16FN3O2. The lowest BCUT2D eigenvalue weighted by Gasteiger charge is -2.26. The number of para-hydroxylation sites is 1. The molecule has 0 atom stereocenters. The van der Waals surface area contributed by atoms with Crippen molar-refractivity contribution in [3.63, 3.8) is 0 Å². The molecule has 6 heteroatoms. The van der Waals surface area contributed by atoms with Gasteiger partial charge in [-0.1, -0.05) is 24.3 Å². The van der Waals surface area contributed by atoms with Gasteiger partial charge < -0.3 is 4.90 Å². The average Bonchev–Trinajstić information content (AvgIpc) is 2.98. The number of fused-ring (bicyclic) bond motifs is 1. The van der Waals surface area contributed by atoms with Crippen molar-refractivity contribution in [2.75, 3.05) is 6.54 Å². The van der Waals surface area contributed by atoms with E-state index >= 15 is 0 Å². The van der Waals surface area contributed by atoms with Crippen molar-refractivity contribution >= 4 is 5.91 Å². The van der Waals surface area contributed by atoms with Gasteiger partial charge in [-0.3, -0.25) is 14.7 Å². The van der Waals surface area contributed by atoms with Crippen LogP contribution in [0.15, 0.2) is 59.4 Å². The van der Waals surface area contributed by atoms with Gasteiger partial charge in [0.1, 0.15) is 5.82 Å². The number of amides is 1. The van der Waals surface area contributed by atoms with Crippen LogP contribution in [-0.4, -0.2) is 27.1 Å². The molecule has 1 N–H and O–H groups in total. The summed E-state index contributed by atoms with van der Waals surface area (Å²) in [6.07, 6.45) is 0.561. The first-order chi connectivity index (χ1) is 12.1. The predicted molar refractivity (Wildman–Crippen MR) is 91.2 cm³/mol. The fourth-order valence-electron chi connectivity index (χ4n) is 3.14. The maximum Gasteiger partial charge on any atom is 0.276 e. The molecule has 0 unspecified atom stereocenters. The first kappa shape index (κ1) is 15.4. The van der Waals surface area contributed by atoms with Crippen LogP contribution >= 0.6 is 0 Å². The van der Waals surface area contributed by atoms with E-state index in [1.165, 1.54) is 22.9 Å². The number of halogens is 1. The number of hydrogen-bond acceptors (Lipinski definition) is 2. The van der Waals surface area contributed by atoms with Crippen molar-refractivity contribution in [2.45, 2.75) is 13.0 Å². The Kier molecular flexibility index (Phi) is 3.72. The molecule has 0 bridgehead atoms. The SMILES string of the molecule is O=C(c1cccc(F)c1)N1CCc2[nH]n(-c3ccccc3)c(=O)c2C1. The third kappa shape index (κ3) is 2.76. The molecule has 126 valence electrons. The van der Waals surface area contributed by atoms with Crippen molar-refractivity contribution in [3.05, 3.63) is 87.6 Å². The van der Waals surface area contributed by atoms with Crippen LogP contribution in [0.2, 0.25) is 0 Å². The molecule has 1 aliphatic heterocycles. The smallest absolute Gasteiger partial charge is 0.276 e. The highest BCUT2D eigenvalue weighted by Crippen LogP contribution is 2.18. The predicted octanol–water partition coefficient (Wildman–Crippen LogP) is 2.50. The second-order valence-corrected chi connectivity index (χ2v) is 6.03. The maximum atomic E-state index is 13.4. The first-order valence-corrected chi connectivity index (χ1v) is 8.06. The zero-order valence-electron chi connectivity index (χ0n) is 13.4. The number of nitrogens with one attached hydrogen (secondary N) is 1. The van der Waals surface area contributed by atoms with E-state index in [-0.39, 0.29) is 18.0 Å². The quantitative estimate of drug-likeness (QED) is 0.781. The van der Waals surface area contributed by atoms with Crippen LogP contribution in [0.5, 0.6) is 0 Å². The maximum absolute atomic E-state index is 13.4. The Morgan fingerprint density at radius 2 is 1.88 bits per heavy atom. The fourth-order valence-corrected chi connectivity index (χ4v) is 3.14. The van der Waals surface area contributed by atoms with Crippen molar-refractivity contribution < 1.29 is 9.18 Å². The summed E-state index contributed by atoms with van der Waals surface area (Å²) in [5.74, 6) is -0.714. The monoisotopic (exact) mass is 337 g/mol. The summed E-state index contributed by atoms with van der Waals surface area (Å²) in [4.78, 5) is 26.9. The van der Waals surface area contributed by atoms with E-state index in [1.807, 2.05) is 30.3 Å². The minimum absolute atomic E-state index is 0.155. The van der Waals surface area contributed by atoms with Crippen LogP contribution in [0.4, 0.5) is 4.39 Å². The number of carbonyl (C=O) groups is 1. The lowest BCUT2D eigenvalue weighted by Crippen LogP contribution is -2.37. The summed E-state index contributed by atoms with van der Waals surface area (Å²) in [6, 6.07) is 14.9. The molecule has 0 saturated heterocycles. The highest BCUT2D eigenvalue weighted by atomic mass is 19.1. The van der Waals surface area contributed by atoms with Crippen LogP contribution < -0.4 is 5.56 Å². The Morgan fingerprint density at radius 3 is 2.64 bits per heavy atom. The first-order valence-electron chi connectivity index (χ1n) is 8.06. The summed E-state index contributed by atoms with van der Waals surface area (Å²) in [6.45, 7) is 0.705. The van der Waals surface area contributed by atoms with Gasteiger partial charge in [0.25, 0.3) is 11.5 Å². The van der Waals surface area contributed by atoms with Gasteiger partial charge in [-0.05, 0) is 30.3 Å². The second-order valence-electron chi connectivity index (χ2n) is 6.03. The third-order valence-electron chi connectivity index (χ3n) is 4.43. The van der Waals surface area contributed by atoms with E-state index in [9.17, 15) is 14.0 Å². The minimum Gasteiger partial charge on any atom is -0.334 e. The molecule has 0 spiro atoms. The van der Waals surface area contributed by atoms with Crippen molar-refractivity contribution in [3.8, 4) is 5.69 Å². The molecule has 3 aromatic rings. The van der Waals surface area contributed by atoms with E-state index in [2.05, 4.69) is 5.10 Å². The van der Waals surface area contributed by atoms with Gasteiger partial charge >= 0.3 is 0 Å². The summed E-state index contributed by atoms with van der Waals surface area (Å²) >= 11 is 0. The highest BCUT2D eigenvalue weighted by molar-refractivity contribution is 5.94. The standard InChI is InChI=1S/C19H16FN3O2/c20-14-6-4-5-13(11-14)18(24)22-10-9-17-16(12-22)19(25)23(21-17)15-7-2-1-3-8-15/h1-8,11,21H,9-10,12H2. The third-order valence-corrected chi connectivity index (χ3v) is 4.43. The zero-order valence-corrected chi connectivity index (χ0v) is 13.4. The molecule has 0 radical (unpaired) electrons. The van der Waals surface area contributed by atoms with Gasteiger partial charge in [0, 0.05) is 24.2 Å². The van der Waals surface area contributed by atoms with Gasteiger partial charge in [-0.15, -0.1) is 0 Å². The van der Waals surface area contributed by atoms with Crippen LogP contribution in [-0.2, 0) is 13.0 Å². The molecule has 25 heavy (non-hydrogen) atoms. The molecule has 1 amide bonds. The number of aromatic amines is 1. The summed E-state index contributed by atoms with van der Waals surface area (Å²) in [5.41, 5.74) is 2.32. The molecule has 0 saturated carbocycles. The molecule has 2 heterocycles. The van der Waals surface area contributed by atoms with Crippen molar-refractivity contribution in [1.82, 2.24) is 14.7 Å². The molecule has 0 fully saturated rings. The fraction of sp³-hybridized carbons (Fsp3) is 0.158.